The molecule has 3 nitrogen and oxygen atoms in total. The van der Waals surface area contributed by atoms with E-state index >= 15 is 0 Å². The summed E-state index contributed by atoms with van der Waals surface area (Å²) in [6.45, 7) is 0.0479. The Labute approximate surface area is 118 Å². The summed E-state index contributed by atoms with van der Waals surface area (Å²) in [5, 5.41) is 0. The predicted octanol–water partition coefficient (Wildman–Crippen LogP) is 2.73. The molecule has 1 heterocycles. The van der Waals surface area contributed by atoms with Crippen LogP contribution in [0.1, 0.15) is 10.4 Å². The highest BCUT2D eigenvalue weighted by Gasteiger charge is 2.03. The van der Waals surface area contributed by atoms with Gasteiger partial charge in [-0.2, -0.15) is 0 Å². The SMILES string of the molecule is Cl.Cl.NCC(=O)c1ccc(-c2cccnc2)cc1. The highest BCUT2D eigenvalue weighted by molar-refractivity contribution is 5.97. The highest BCUT2D eigenvalue weighted by Crippen LogP contribution is 2.18. The van der Waals surface area contributed by atoms with Gasteiger partial charge in [0.15, 0.2) is 5.78 Å². The van der Waals surface area contributed by atoms with Gasteiger partial charge in [0, 0.05) is 18.0 Å². The number of nitrogens with zero attached hydrogens (tertiary/aromatic N) is 1. The first kappa shape index (κ1) is 16.6. The fourth-order valence-corrected chi connectivity index (χ4v) is 1.50. The topological polar surface area (TPSA) is 56.0 Å². The predicted molar refractivity (Wildman–Crippen MR) is 77.6 cm³/mol. The molecule has 0 saturated carbocycles. The van der Waals surface area contributed by atoms with Crippen LogP contribution < -0.4 is 5.73 Å². The number of benzene rings is 1. The van der Waals surface area contributed by atoms with E-state index in [4.69, 9.17) is 5.73 Å². The first-order valence-corrected chi connectivity index (χ1v) is 5.05. The number of carbonyl (C=O) groups is 1. The monoisotopic (exact) mass is 284 g/mol. The molecule has 2 rings (SSSR count). The van der Waals surface area contributed by atoms with E-state index in [2.05, 4.69) is 4.98 Å². The Morgan fingerprint density at radius 2 is 1.72 bits per heavy atom. The molecule has 0 amide bonds. The lowest BCUT2D eigenvalue weighted by atomic mass is 10.0. The van der Waals surface area contributed by atoms with E-state index in [1.165, 1.54) is 0 Å². The van der Waals surface area contributed by atoms with Crippen LogP contribution in [0.3, 0.4) is 0 Å². The lowest BCUT2D eigenvalue weighted by Gasteiger charge is -2.02. The minimum absolute atomic E-state index is 0. The van der Waals surface area contributed by atoms with Crippen LogP contribution in [0.15, 0.2) is 48.8 Å². The van der Waals surface area contributed by atoms with Crippen molar-refractivity contribution < 1.29 is 4.79 Å². The van der Waals surface area contributed by atoms with Crippen molar-refractivity contribution in [3.05, 3.63) is 54.4 Å². The molecule has 0 aliphatic heterocycles. The van der Waals surface area contributed by atoms with Crippen molar-refractivity contribution in [2.24, 2.45) is 5.73 Å². The number of nitrogens with two attached hydrogens (primary N) is 1. The van der Waals surface area contributed by atoms with E-state index in [-0.39, 0.29) is 37.1 Å². The molecule has 0 saturated heterocycles. The summed E-state index contributed by atoms with van der Waals surface area (Å²) < 4.78 is 0. The highest BCUT2D eigenvalue weighted by atomic mass is 35.5. The Kier molecular flexibility index (Phi) is 7.20. The fourth-order valence-electron chi connectivity index (χ4n) is 1.50. The van der Waals surface area contributed by atoms with Crippen LogP contribution in [0, 0.1) is 0 Å². The van der Waals surface area contributed by atoms with Gasteiger partial charge in [-0.05, 0) is 17.2 Å². The Hall–Kier alpha value is -1.42. The van der Waals surface area contributed by atoms with Gasteiger partial charge in [-0.25, -0.2) is 0 Å². The van der Waals surface area contributed by atoms with E-state index in [0.29, 0.717) is 5.56 Å². The smallest absolute Gasteiger partial charge is 0.176 e. The minimum atomic E-state index is -0.0438. The summed E-state index contributed by atoms with van der Waals surface area (Å²) in [5.74, 6) is -0.0438. The molecule has 0 atom stereocenters. The van der Waals surface area contributed by atoms with E-state index in [0.717, 1.165) is 11.1 Å². The molecule has 2 aromatic rings. The van der Waals surface area contributed by atoms with Crippen LogP contribution in [-0.4, -0.2) is 17.3 Å². The second-order valence-electron chi connectivity index (χ2n) is 3.45. The third-order valence-electron chi connectivity index (χ3n) is 2.39. The number of ketones is 1. The standard InChI is InChI=1S/C13H12N2O.2ClH/c14-8-13(16)11-5-3-10(4-6-11)12-2-1-7-15-9-12;;/h1-7,9H,8,14H2;2*1H. The van der Waals surface area contributed by atoms with Crippen molar-refractivity contribution in [2.45, 2.75) is 0 Å². The fraction of sp³-hybridized carbons (Fsp3) is 0.0769. The minimum Gasteiger partial charge on any atom is -0.324 e. The maximum absolute atomic E-state index is 11.3. The maximum Gasteiger partial charge on any atom is 0.176 e. The second kappa shape index (κ2) is 7.82. The first-order valence-electron chi connectivity index (χ1n) is 5.05. The summed E-state index contributed by atoms with van der Waals surface area (Å²) in [5.41, 5.74) is 8.02. The zero-order chi connectivity index (χ0) is 11.4. The summed E-state index contributed by atoms with van der Waals surface area (Å²) in [4.78, 5) is 15.4. The van der Waals surface area contributed by atoms with Gasteiger partial charge in [0.2, 0.25) is 0 Å². The molecule has 0 bridgehead atoms. The van der Waals surface area contributed by atoms with Crippen LogP contribution in [-0.2, 0) is 0 Å². The second-order valence-corrected chi connectivity index (χ2v) is 3.45. The van der Waals surface area contributed by atoms with Crippen molar-refractivity contribution in [3.63, 3.8) is 0 Å². The largest absolute Gasteiger partial charge is 0.324 e. The molecule has 18 heavy (non-hydrogen) atoms. The van der Waals surface area contributed by atoms with Gasteiger partial charge in [0.25, 0.3) is 0 Å². The molecular formula is C13H14Cl2N2O. The zero-order valence-electron chi connectivity index (χ0n) is 9.58. The maximum atomic E-state index is 11.3. The van der Waals surface area contributed by atoms with Gasteiger partial charge >= 0.3 is 0 Å². The number of halogens is 2. The number of Topliss-reactive ketones (excluding diaryl/α,β-unsaturated/α-hetero) is 1. The normalized spacial score (nSPS) is 8.94. The number of hydrogen-bond donors (Lipinski definition) is 1. The Morgan fingerprint density at radius 3 is 2.22 bits per heavy atom. The van der Waals surface area contributed by atoms with Gasteiger partial charge < -0.3 is 5.73 Å². The third-order valence-corrected chi connectivity index (χ3v) is 2.39. The zero-order valence-corrected chi connectivity index (χ0v) is 11.2. The molecule has 0 aliphatic rings. The molecule has 1 aromatic heterocycles. The Balaban J connectivity index is 0.00000144. The van der Waals surface area contributed by atoms with Crippen molar-refractivity contribution in [2.75, 3.05) is 6.54 Å². The van der Waals surface area contributed by atoms with E-state index in [1.54, 1.807) is 24.5 Å². The van der Waals surface area contributed by atoms with Crippen LogP contribution in [0.25, 0.3) is 11.1 Å². The van der Waals surface area contributed by atoms with Gasteiger partial charge in [0.05, 0.1) is 6.54 Å². The van der Waals surface area contributed by atoms with E-state index in [1.807, 2.05) is 24.3 Å². The van der Waals surface area contributed by atoms with Crippen molar-refractivity contribution >= 4 is 30.6 Å². The lowest BCUT2D eigenvalue weighted by molar-refractivity contribution is 0.100. The number of carbonyl (C=O) groups excluding carboxylic acids is 1. The van der Waals surface area contributed by atoms with Crippen LogP contribution >= 0.6 is 24.8 Å². The summed E-state index contributed by atoms with van der Waals surface area (Å²) in [6.07, 6.45) is 3.52. The van der Waals surface area contributed by atoms with Gasteiger partial charge in [0.1, 0.15) is 0 Å². The number of aromatic nitrogens is 1. The van der Waals surface area contributed by atoms with Gasteiger partial charge in [-0.3, -0.25) is 9.78 Å². The molecule has 0 fully saturated rings. The molecule has 2 N–H and O–H groups in total. The van der Waals surface area contributed by atoms with Crippen LogP contribution in [0.2, 0.25) is 0 Å². The molecule has 0 spiro atoms. The number of rotatable bonds is 3. The van der Waals surface area contributed by atoms with Crippen molar-refractivity contribution in [1.29, 1.82) is 0 Å². The Morgan fingerprint density at radius 1 is 1.06 bits per heavy atom. The van der Waals surface area contributed by atoms with Gasteiger partial charge in [-0.15, -0.1) is 24.8 Å². The van der Waals surface area contributed by atoms with Crippen LogP contribution in [0.5, 0.6) is 0 Å². The average molecular weight is 285 g/mol. The molecule has 5 heteroatoms. The molecule has 0 unspecified atom stereocenters. The van der Waals surface area contributed by atoms with Crippen molar-refractivity contribution in [3.8, 4) is 11.1 Å². The van der Waals surface area contributed by atoms with Gasteiger partial charge in [-0.1, -0.05) is 30.3 Å². The van der Waals surface area contributed by atoms with Crippen LogP contribution in [0.4, 0.5) is 0 Å². The average Bonchev–Trinajstić information content (AvgIpc) is 2.39. The summed E-state index contributed by atoms with van der Waals surface area (Å²) in [7, 11) is 0. The molecule has 1 aromatic carbocycles. The van der Waals surface area contributed by atoms with E-state index < -0.39 is 0 Å². The van der Waals surface area contributed by atoms with Crippen molar-refractivity contribution in [1.82, 2.24) is 4.98 Å². The molecule has 96 valence electrons. The van der Waals surface area contributed by atoms with E-state index in [9.17, 15) is 4.79 Å². The lowest BCUT2D eigenvalue weighted by Crippen LogP contribution is -2.13. The summed E-state index contributed by atoms with van der Waals surface area (Å²) in [6, 6.07) is 11.2. The molecule has 0 aliphatic carbocycles. The summed E-state index contributed by atoms with van der Waals surface area (Å²) >= 11 is 0. The Bertz CT molecular complexity index is 486. The number of pyridine rings is 1. The quantitative estimate of drug-likeness (QED) is 0.882. The molecular weight excluding hydrogens is 271 g/mol. The number of hydrogen-bond acceptors (Lipinski definition) is 3. The third kappa shape index (κ3) is 3.81. The molecule has 0 radical (unpaired) electrons. The first-order chi connectivity index (χ1) is 7.81.